The van der Waals surface area contributed by atoms with Crippen LogP contribution >= 0.6 is 11.3 Å². The van der Waals surface area contributed by atoms with Gasteiger partial charge in [0.1, 0.15) is 16.2 Å². The number of carbonyl (C=O) groups is 1. The summed E-state index contributed by atoms with van der Waals surface area (Å²) in [6, 6.07) is 4.01. The molecule has 1 atom stereocenters. The topological polar surface area (TPSA) is 113 Å². The minimum atomic E-state index is -3.80. The highest BCUT2D eigenvalue weighted by Gasteiger charge is 2.24. The molecule has 0 saturated heterocycles. The SMILES string of the molecule is CN(C)CC(CC(=O)O)NS(=O)(=O)c1ccc(-c2ccon2)s1. The van der Waals surface area contributed by atoms with E-state index in [0.29, 0.717) is 10.6 Å². The zero-order valence-corrected chi connectivity index (χ0v) is 14.2. The van der Waals surface area contributed by atoms with Crippen LogP contribution in [-0.2, 0) is 14.8 Å². The monoisotopic (exact) mass is 359 g/mol. The average molecular weight is 359 g/mol. The Kier molecular flexibility index (Phi) is 5.52. The number of likely N-dealkylation sites (N-methyl/N-ethyl adjacent to an activating group) is 1. The van der Waals surface area contributed by atoms with Gasteiger partial charge in [0.05, 0.1) is 11.3 Å². The number of sulfonamides is 1. The van der Waals surface area contributed by atoms with Crippen LogP contribution in [0.2, 0.25) is 0 Å². The minimum Gasteiger partial charge on any atom is -0.481 e. The second-order valence-corrected chi connectivity index (χ2v) is 8.21. The van der Waals surface area contributed by atoms with Crippen molar-refractivity contribution >= 4 is 27.3 Å². The highest BCUT2D eigenvalue weighted by Crippen LogP contribution is 2.29. The highest BCUT2D eigenvalue weighted by atomic mass is 32.2. The van der Waals surface area contributed by atoms with Crippen molar-refractivity contribution < 1.29 is 22.8 Å². The molecule has 10 heteroatoms. The predicted molar refractivity (Wildman–Crippen MR) is 84.7 cm³/mol. The third kappa shape index (κ3) is 4.86. The number of carboxylic acid groups (broad SMARTS) is 1. The molecule has 2 heterocycles. The van der Waals surface area contributed by atoms with Gasteiger partial charge in [-0.05, 0) is 26.2 Å². The number of nitrogens with zero attached hydrogens (tertiary/aromatic N) is 2. The number of aromatic nitrogens is 1. The molecule has 0 fully saturated rings. The number of nitrogens with one attached hydrogen (secondary N) is 1. The lowest BCUT2D eigenvalue weighted by atomic mass is 10.2. The van der Waals surface area contributed by atoms with Crippen molar-refractivity contribution in [3.8, 4) is 10.6 Å². The summed E-state index contributed by atoms with van der Waals surface area (Å²) in [6.07, 6.45) is 1.11. The molecule has 0 radical (unpaired) electrons. The van der Waals surface area contributed by atoms with Crippen molar-refractivity contribution in [3.05, 3.63) is 24.5 Å². The average Bonchev–Trinajstić information content (AvgIpc) is 3.08. The van der Waals surface area contributed by atoms with Crippen LogP contribution in [0.5, 0.6) is 0 Å². The first-order valence-electron chi connectivity index (χ1n) is 6.67. The van der Waals surface area contributed by atoms with Crippen molar-refractivity contribution in [2.75, 3.05) is 20.6 Å². The summed E-state index contributed by atoms with van der Waals surface area (Å²) in [5.74, 6) is -1.06. The second-order valence-electron chi connectivity index (χ2n) is 5.18. The van der Waals surface area contributed by atoms with Crippen molar-refractivity contribution in [2.24, 2.45) is 0 Å². The Morgan fingerprint density at radius 1 is 1.43 bits per heavy atom. The summed E-state index contributed by atoms with van der Waals surface area (Å²) >= 11 is 1.04. The molecule has 0 aromatic carbocycles. The predicted octanol–water partition coefficient (Wildman–Crippen LogP) is 1.09. The fourth-order valence-electron chi connectivity index (χ4n) is 2.01. The van der Waals surface area contributed by atoms with Crippen LogP contribution in [0.15, 0.2) is 33.2 Å². The molecule has 23 heavy (non-hydrogen) atoms. The number of carboxylic acids is 1. The normalized spacial score (nSPS) is 13.3. The molecule has 2 N–H and O–H groups in total. The van der Waals surface area contributed by atoms with E-state index in [1.54, 1.807) is 31.1 Å². The third-order valence-electron chi connectivity index (χ3n) is 2.86. The van der Waals surface area contributed by atoms with Gasteiger partial charge in [-0.3, -0.25) is 4.79 Å². The first-order chi connectivity index (χ1) is 10.8. The highest BCUT2D eigenvalue weighted by molar-refractivity contribution is 7.91. The molecule has 0 bridgehead atoms. The van der Waals surface area contributed by atoms with Crippen molar-refractivity contribution in [3.63, 3.8) is 0 Å². The molecule has 0 spiro atoms. The first kappa shape index (κ1) is 17.6. The molecule has 0 aliphatic rings. The van der Waals surface area contributed by atoms with E-state index < -0.39 is 22.0 Å². The van der Waals surface area contributed by atoms with Crippen molar-refractivity contribution in [1.29, 1.82) is 0 Å². The van der Waals surface area contributed by atoms with Gasteiger partial charge in [0.15, 0.2) is 0 Å². The zero-order valence-electron chi connectivity index (χ0n) is 12.6. The molecule has 1 unspecified atom stereocenters. The number of hydrogen-bond donors (Lipinski definition) is 2. The molecule has 2 aromatic heterocycles. The smallest absolute Gasteiger partial charge is 0.305 e. The summed E-state index contributed by atoms with van der Waals surface area (Å²) in [5, 5.41) is 12.7. The maximum absolute atomic E-state index is 12.4. The lowest BCUT2D eigenvalue weighted by Crippen LogP contribution is -2.42. The largest absolute Gasteiger partial charge is 0.481 e. The van der Waals surface area contributed by atoms with E-state index in [4.69, 9.17) is 9.63 Å². The van der Waals surface area contributed by atoms with Gasteiger partial charge >= 0.3 is 5.97 Å². The van der Waals surface area contributed by atoms with Gasteiger partial charge in [0, 0.05) is 18.7 Å². The van der Waals surface area contributed by atoms with Gasteiger partial charge in [-0.25, -0.2) is 13.1 Å². The quantitative estimate of drug-likeness (QED) is 0.725. The molecule has 0 saturated carbocycles. The molecule has 126 valence electrons. The van der Waals surface area contributed by atoms with Crippen LogP contribution in [0.4, 0.5) is 0 Å². The summed E-state index contributed by atoms with van der Waals surface area (Å²) in [4.78, 5) is 13.3. The Balaban J connectivity index is 2.18. The second kappa shape index (κ2) is 7.21. The fourth-order valence-corrected chi connectivity index (χ4v) is 4.53. The van der Waals surface area contributed by atoms with Crippen LogP contribution in [0.3, 0.4) is 0 Å². The Hall–Kier alpha value is -1.75. The van der Waals surface area contributed by atoms with Gasteiger partial charge in [-0.15, -0.1) is 11.3 Å². The van der Waals surface area contributed by atoms with Crippen LogP contribution in [0.25, 0.3) is 10.6 Å². The molecule has 2 rings (SSSR count). The van der Waals surface area contributed by atoms with Gasteiger partial charge in [0.25, 0.3) is 0 Å². The molecule has 0 amide bonds. The van der Waals surface area contributed by atoms with E-state index in [1.165, 1.54) is 12.3 Å². The summed E-state index contributed by atoms with van der Waals surface area (Å²) in [5.41, 5.74) is 0.548. The van der Waals surface area contributed by atoms with Crippen molar-refractivity contribution in [2.45, 2.75) is 16.7 Å². The lowest BCUT2D eigenvalue weighted by Gasteiger charge is -2.20. The van der Waals surface area contributed by atoms with Gasteiger partial charge in [-0.2, -0.15) is 0 Å². The summed E-state index contributed by atoms with van der Waals surface area (Å²) < 4.78 is 32.2. The number of thiophene rings is 1. The fraction of sp³-hybridized carbons (Fsp3) is 0.385. The van der Waals surface area contributed by atoms with Crippen LogP contribution in [-0.4, -0.2) is 56.2 Å². The molecule has 8 nitrogen and oxygen atoms in total. The Bertz CT molecular complexity index is 752. The first-order valence-corrected chi connectivity index (χ1v) is 8.97. The van der Waals surface area contributed by atoms with E-state index in [2.05, 4.69) is 9.88 Å². The summed E-state index contributed by atoms with van der Waals surface area (Å²) in [6.45, 7) is 0.285. The van der Waals surface area contributed by atoms with E-state index in [0.717, 1.165) is 11.3 Å². The van der Waals surface area contributed by atoms with Crippen molar-refractivity contribution in [1.82, 2.24) is 14.8 Å². The number of rotatable bonds is 8. The molecular formula is C13H17N3O5S2. The molecule has 0 aliphatic heterocycles. The van der Waals surface area contributed by atoms with Gasteiger partial charge < -0.3 is 14.5 Å². The van der Waals surface area contributed by atoms with Crippen LogP contribution in [0.1, 0.15) is 6.42 Å². The Morgan fingerprint density at radius 3 is 2.74 bits per heavy atom. The molecule has 2 aromatic rings. The van der Waals surface area contributed by atoms with E-state index in [9.17, 15) is 13.2 Å². The maximum atomic E-state index is 12.4. The summed E-state index contributed by atoms with van der Waals surface area (Å²) in [7, 11) is -0.307. The van der Waals surface area contributed by atoms with E-state index in [-0.39, 0.29) is 17.2 Å². The number of hydrogen-bond acceptors (Lipinski definition) is 7. The van der Waals surface area contributed by atoms with E-state index >= 15 is 0 Å². The Morgan fingerprint density at radius 2 is 2.17 bits per heavy atom. The number of aliphatic carboxylic acids is 1. The third-order valence-corrected chi connectivity index (χ3v) is 5.98. The zero-order chi connectivity index (χ0) is 17.0. The minimum absolute atomic E-state index is 0.102. The lowest BCUT2D eigenvalue weighted by molar-refractivity contribution is -0.137. The van der Waals surface area contributed by atoms with E-state index in [1.807, 2.05) is 0 Å². The molecule has 0 aliphatic carbocycles. The molecular weight excluding hydrogens is 342 g/mol. The standard InChI is InChI=1S/C13H17N3O5S2/c1-16(2)8-9(7-12(17)18)15-23(19,20)13-4-3-11(22-13)10-5-6-21-14-10/h3-6,9,15H,7-8H2,1-2H3,(H,17,18). The van der Waals surface area contributed by atoms with Gasteiger partial charge in [0.2, 0.25) is 10.0 Å². The van der Waals surface area contributed by atoms with Crippen LogP contribution < -0.4 is 4.72 Å². The van der Waals surface area contributed by atoms with Crippen LogP contribution in [0, 0.1) is 0 Å². The Labute approximate surface area is 137 Å². The maximum Gasteiger partial charge on any atom is 0.305 e. The van der Waals surface area contributed by atoms with Gasteiger partial charge in [-0.1, -0.05) is 5.16 Å².